The van der Waals surface area contributed by atoms with Crippen molar-refractivity contribution in [3.63, 3.8) is 0 Å². The molecule has 5 aromatic heterocycles. The van der Waals surface area contributed by atoms with Crippen molar-refractivity contribution >= 4 is 0 Å². The van der Waals surface area contributed by atoms with Crippen molar-refractivity contribution in [2.75, 3.05) is 0 Å². The predicted octanol–water partition coefficient (Wildman–Crippen LogP) is 22.1. The topological polar surface area (TPSA) is 190 Å². The Morgan fingerprint density at radius 3 is 0.496 bits per heavy atom. The van der Waals surface area contributed by atoms with Crippen molar-refractivity contribution in [3.05, 3.63) is 212 Å². The van der Waals surface area contributed by atoms with Crippen LogP contribution in [0.1, 0.15) is 283 Å². The normalized spacial score (nSPS) is 38.6. The minimum atomic E-state index is -0.188. The summed E-state index contributed by atoms with van der Waals surface area (Å²) in [6.07, 6.45) is 63.4. The molecule has 125 heavy (non-hydrogen) atoms. The standard InChI is InChI=1S/5C22H26N2O/c5*25-21(22-9-14-5-15(10-22)7-16(6-14)11-22)8-19-17-3-1-2-4-18(17)20-12-23-13-24(19)20/h5*1-4,12-16,19,21,25H,5-11H2/t2*14?,15?,16?,19-,21+,22?;2*14?,15?,16?,19-,21-,22?;/m1010./s1. The number of aliphatic hydroxyl groups excluding tert-OH is 5. The van der Waals surface area contributed by atoms with Crippen LogP contribution in [0.3, 0.4) is 0 Å². The van der Waals surface area contributed by atoms with E-state index in [4.69, 9.17) is 0 Å². The second-order valence-electron chi connectivity index (χ2n) is 46.6. The van der Waals surface area contributed by atoms with Crippen LogP contribution in [0, 0.1) is 116 Å². The lowest BCUT2D eigenvalue weighted by atomic mass is 9.48. The first-order chi connectivity index (χ1) is 61.1. The molecular weight excluding hydrogens is 1540 g/mol. The quantitative estimate of drug-likeness (QED) is 0.0660. The van der Waals surface area contributed by atoms with Gasteiger partial charge in [0, 0.05) is 27.8 Å². The highest BCUT2D eigenvalue weighted by atomic mass is 16.3. The Hall–Kier alpha value is -8.05. The molecular formula is C110H130N10O5. The van der Waals surface area contributed by atoms with Crippen molar-refractivity contribution in [2.24, 2.45) is 116 Å². The van der Waals surface area contributed by atoms with Gasteiger partial charge in [-0.3, -0.25) is 0 Å². The Labute approximate surface area is 738 Å². The van der Waals surface area contributed by atoms with E-state index in [0.29, 0.717) is 0 Å². The van der Waals surface area contributed by atoms with Crippen LogP contribution >= 0.6 is 0 Å². The van der Waals surface area contributed by atoms with Crippen LogP contribution in [0.5, 0.6) is 0 Å². The summed E-state index contributed by atoms with van der Waals surface area (Å²) in [6.45, 7) is 0. The van der Waals surface area contributed by atoms with Gasteiger partial charge in [0.15, 0.2) is 0 Å². The Morgan fingerprint density at radius 2 is 0.352 bits per heavy atom. The van der Waals surface area contributed by atoms with E-state index < -0.39 is 0 Å². The van der Waals surface area contributed by atoms with Crippen LogP contribution < -0.4 is 0 Å². The van der Waals surface area contributed by atoms with Crippen molar-refractivity contribution in [1.29, 1.82) is 0 Å². The molecule has 650 valence electrons. The molecule has 10 heterocycles. The lowest BCUT2D eigenvalue weighted by molar-refractivity contribution is -0.124. The smallest absolute Gasteiger partial charge is 0.0956 e. The van der Waals surface area contributed by atoms with E-state index in [-0.39, 0.29) is 87.8 Å². The van der Waals surface area contributed by atoms with Gasteiger partial charge >= 0.3 is 0 Å². The maximum atomic E-state index is 11.4. The zero-order chi connectivity index (χ0) is 83.0. The van der Waals surface area contributed by atoms with Gasteiger partial charge in [-0.25, -0.2) is 24.9 Å². The van der Waals surface area contributed by atoms with E-state index in [1.807, 2.05) is 62.6 Å². The third-order valence-corrected chi connectivity index (χ3v) is 39.2. The summed E-state index contributed by atoms with van der Waals surface area (Å²) < 4.78 is 11.4. The Kier molecular flexibility index (Phi) is 18.6. The Bertz CT molecular complexity index is 4740. The van der Waals surface area contributed by atoms with E-state index in [9.17, 15) is 25.5 Å². The minimum absolute atomic E-state index is 0.188. The first kappa shape index (κ1) is 78.0. The molecule has 20 saturated carbocycles. The van der Waals surface area contributed by atoms with Crippen LogP contribution in [-0.4, -0.2) is 104 Å². The average molecular weight is 1670 g/mol. The molecule has 10 atom stereocenters. The molecule has 5 N–H and O–H groups in total. The molecule has 10 aromatic rings. The number of hydrogen-bond donors (Lipinski definition) is 5. The third-order valence-electron chi connectivity index (χ3n) is 39.2. The molecule has 2 unspecified atom stereocenters. The van der Waals surface area contributed by atoms with Gasteiger partial charge in [-0.15, -0.1) is 0 Å². The molecule has 0 saturated heterocycles. The first-order valence-electron chi connectivity index (χ1n) is 50.0. The van der Waals surface area contributed by atoms with Gasteiger partial charge in [-0.1, -0.05) is 121 Å². The average Bonchev–Trinajstić information content (AvgIpc) is 1.38. The molecule has 0 spiro atoms. The highest BCUT2D eigenvalue weighted by Gasteiger charge is 2.61. The van der Waals surface area contributed by atoms with E-state index >= 15 is 0 Å². The van der Waals surface area contributed by atoms with E-state index in [2.05, 4.69) is 169 Å². The predicted molar refractivity (Wildman–Crippen MR) is 485 cm³/mol. The Balaban J connectivity index is 0.0000000833. The molecule has 20 fully saturated rings. The number of benzene rings is 5. The largest absolute Gasteiger partial charge is 0.392 e. The number of imidazole rings is 5. The molecule has 15 heteroatoms. The van der Waals surface area contributed by atoms with Crippen molar-refractivity contribution in [2.45, 2.75) is 285 Å². The summed E-state index contributed by atoms with van der Waals surface area (Å²) in [5.74, 6) is 13.3. The number of nitrogens with zero attached hydrogens (tertiary/aromatic N) is 10. The molecule has 20 aliphatic carbocycles. The maximum Gasteiger partial charge on any atom is 0.0956 e. The van der Waals surface area contributed by atoms with E-state index in [1.54, 1.807) is 0 Å². The summed E-state index contributed by atoms with van der Waals surface area (Å²) in [6, 6.07) is 44.5. The summed E-state index contributed by atoms with van der Waals surface area (Å²) in [5.41, 5.74) is 20.3. The van der Waals surface area contributed by atoms with Gasteiger partial charge < -0.3 is 48.4 Å². The van der Waals surface area contributed by atoms with Gasteiger partial charge in [0.25, 0.3) is 0 Å². The molecule has 5 aliphatic heterocycles. The molecule has 20 bridgehead atoms. The number of aromatic nitrogens is 10. The van der Waals surface area contributed by atoms with Crippen LogP contribution in [0.4, 0.5) is 0 Å². The van der Waals surface area contributed by atoms with Crippen molar-refractivity contribution < 1.29 is 25.5 Å². The van der Waals surface area contributed by atoms with Crippen LogP contribution in [0.15, 0.2) is 184 Å². The second-order valence-corrected chi connectivity index (χ2v) is 46.6. The highest BCUT2D eigenvalue weighted by molar-refractivity contribution is 5.73. The maximum absolute atomic E-state index is 11.4. The fourth-order valence-electron chi connectivity index (χ4n) is 36.1. The lowest BCUT2D eigenvalue weighted by Gasteiger charge is -2.58. The van der Waals surface area contributed by atoms with Crippen molar-refractivity contribution in [3.8, 4) is 56.3 Å². The van der Waals surface area contributed by atoms with Gasteiger partial charge in [0.2, 0.25) is 0 Å². The molecule has 25 aliphatic rings. The highest BCUT2D eigenvalue weighted by Crippen LogP contribution is 2.69. The summed E-state index contributed by atoms with van der Waals surface area (Å²) in [5, 5.41) is 57.1. The third kappa shape index (κ3) is 12.9. The molecule has 5 aromatic carbocycles. The minimum Gasteiger partial charge on any atom is -0.392 e. The first-order valence-corrected chi connectivity index (χ1v) is 50.0. The van der Waals surface area contributed by atoms with Gasteiger partial charge in [0.1, 0.15) is 0 Å². The number of fused-ring (bicyclic) bond motifs is 15. The van der Waals surface area contributed by atoms with Crippen molar-refractivity contribution in [1.82, 2.24) is 47.8 Å². The Morgan fingerprint density at radius 1 is 0.216 bits per heavy atom. The molecule has 15 nitrogen and oxygen atoms in total. The monoisotopic (exact) mass is 1670 g/mol. The molecule has 35 rings (SSSR count). The van der Waals surface area contributed by atoms with E-state index in [1.165, 1.54) is 277 Å². The lowest BCUT2D eigenvalue weighted by Crippen LogP contribution is -2.52. The van der Waals surface area contributed by atoms with Crippen LogP contribution in [-0.2, 0) is 0 Å². The molecule has 0 radical (unpaired) electrons. The zero-order valence-corrected chi connectivity index (χ0v) is 73.2. The van der Waals surface area contributed by atoms with Crippen LogP contribution in [0.25, 0.3) is 56.3 Å². The number of rotatable bonds is 15. The fourth-order valence-corrected chi connectivity index (χ4v) is 36.1. The van der Waals surface area contributed by atoms with Gasteiger partial charge in [0.05, 0.1) is 152 Å². The van der Waals surface area contributed by atoms with Gasteiger partial charge in [-0.05, 0) is 368 Å². The number of aliphatic hydroxyl groups is 5. The van der Waals surface area contributed by atoms with Crippen LogP contribution in [0.2, 0.25) is 0 Å². The summed E-state index contributed by atoms with van der Waals surface area (Å²) in [4.78, 5) is 21.9. The number of hydrogen-bond acceptors (Lipinski definition) is 10. The summed E-state index contributed by atoms with van der Waals surface area (Å²) in [7, 11) is 0. The SMILES string of the molecule is OC(CC1c2ccccc2-c2cncn21)C12CC3CC(CC(C3)C1)C2.O[C@@H](C[C@@H]1c2ccccc2-c2cncn21)C12CC3CC(CC(C3)C1)C2.O[C@@H](C[C@H]1c2ccccc2-c2cncn21)C12CC3CC(CC(C3)C1)C2.O[C@H](C[C@@H]1c2ccccc2-c2cncn21)C12CC3CC(CC(C3)C1)C2.O[C@H](C[C@H]1c2ccccc2-c2cncn21)C12CC3CC(CC(C3)C1)C2. The van der Waals surface area contributed by atoms with Gasteiger partial charge in [-0.2, -0.15) is 0 Å². The van der Waals surface area contributed by atoms with E-state index in [0.717, 1.165) is 121 Å². The fraction of sp³-hybridized carbons (Fsp3) is 0.591. The molecule has 0 amide bonds. The second kappa shape index (κ2) is 29.7. The zero-order valence-electron chi connectivity index (χ0n) is 73.2. The summed E-state index contributed by atoms with van der Waals surface area (Å²) >= 11 is 0.